The first-order valence-corrected chi connectivity index (χ1v) is 6.02. The van der Waals surface area contributed by atoms with Crippen molar-refractivity contribution >= 4 is 23.1 Å². The van der Waals surface area contributed by atoms with Gasteiger partial charge in [0.2, 0.25) is 0 Å². The molecule has 19 heavy (non-hydrogen) atoms. The summed E-state index contributed by atoms with van der Waals surface area (Å²) in [6.07, 6.45) is 1.58. The van der Waals surface area contributed by atoms with E-state index in [0.717, 1.165) is 0 Å². The fourth-order valence-corrected chi connectivity index (χ4v) is 1.64. The molecule has 0 atom stereocenters. The Balaban J connectivity index is 2.04. The van der Waals surface area contributed by atoms with Crippen molar-refractivity contribution < 1.29 is 4.79 Å². The van der Waals surface area contributed by atoms with Crippen molar-refractivity contribution in [2.75, 3.05) is 0 Å². The summed E-state index contributed by atoms with van der Waals surface area (Å²) in [5.74, 6) is -0.205. The molecule has 1 heterocycles. The van der Waals surface area contributed by atoms with Crippen LogP contribution in [0.25, 0.3) is 0 Å². The van der Waals surface area contributed by atoms with Crippen molar-refractivity contribution in [3.63, 3.8) is 0 Å². The molecule has 1 amide bonds. The Morgan fingerprint density at radius 2 is 2.05 bits per heavy atom. The normalized spacial score (nSPS) is 9.89. The molecule has 6 heteroatoms. The summed E-state index contributed by atoms with van der Waals surface area (Å²) in [4.78, 5) is 12.2. The Labute approximate surface area is 115 Å². The number of amides is 1. The van der Waals surface area contributed by atoms with E-state index in [0.29, 0.717) is 23.4 Å². The molecule has 1 aromatic heterocycles. The predicted molar refractivity (Wildman–Crippen MR) is 75.5 cm³/mol. The highest BCUT2D eigenvalue weighted by Gasteiger charge is 2.07. The maximum atomic E-state index is 11.9. The summed E-state index contributed by atoms with van der Waals surface area (Å²) < 4.78 is 0. The Bertz CT molecular complexity index is 601. The molecule has 0 radical (unpaired) electrons. The first-order chi connectivity index (χ1) is 9.16. The van der Waals surface area contributed by atoms with Crippen molar-refractivity contribution in [2.24, 2.45) is 5.73 Å². The third-order valence-electron chi connectivity index (χ3n) is 2.47. The van der Waals surface area contributed by atoms with Crippen LogP contribution >= 0.6 is 12.2 Å². The van der Waals surface area contributed by atoms with E-state index in [4.69, 9.17) is 18.0 Å². The van der Waals surface area contributed by atoms with Crippen LogP contribution in [0.2, 0.25) is 0 Å². The summed E-state index contributed by atoms with van der Waals surface area (Å²) in [6, 6.07) is 10.4. The van der Waals surface area contributed by atoms with Gasteiger partial charge >= 0.3 is 0 Å². The number of thiocarbonyl (C=S) groups is 1. The van der Waals surface area contributed by atoms with Gasteiger partial charge in [-0.3, -0.25) is 4.79 Å². The molecule has 0 aliphatic rings. The van der Waals surface area contributed by atoms with Crippen molar-refractivity contribution in [1.29, 1.82) is 0 Å². The summed E-state index contributed by atoms with van der Waals surface area (Å²) in [5.41, 5.74) is 7.40. The van der Waals surface area contributed by atoms with Crippen LogP contribution in [-0.2, 0) is 6.54 Å². The smallest absolute Gasteiger partial charge is 0.251 e. The third kappa shape index (κ3) is 3.56. The molecule has 0 spiro atoms. The van der Waals surface area contributed by atoms with Crippen LogP contribution < -0.4 is 11.1 Å². The number of nitrogens with one attached hydrogen (secondary N) is 1. The van der Waals surface area contributed by atoms with Gasteiger partial charge in [-0.25, -0.2) is 0 Å². The molecule has 96 valence electrons. The lowest BCUT2D eigenvalue weighted by Crippen LogP contribution is -2.24. The van der Waals surface area contributed by atoms with Crippen LogP contribution in [0, 0.1) is 0 Å². The molecule has 0 bridgehead atoms. The van der Waals surface area contributed by atoms with Crippen LogP contribution in [0.4, 0.5) is 0 Å². The maximum absolute atomic E-state index is 11.9. The van der Waals surface area contributed by atoms with Crippen LogP contribution in [0.1, 0.15) is 21.6 Å². The fourth-order valence-electron chi connectivity index (χ4n) is 1.51. The predicted octanol–water partition coefficient (Wildman–Crippen LogP) is 1.04. The summed E-state index contributed by atoms with van der Waals surface area (Å²) in [5, 5.41) is 10.4. The average molecular weight is 272 g/mol. The Morgan fingerprint density at radius 1 is 1.26 bits per heavy atom. The van der Waals surface area contributed by atoms with Crippen molar-refractivity contribution in [3.8, 4) is 0 Å². The zero-order valence-electron chi connectivity index (χ0n) is 10.0. The van der Waals surface area contributed by atoms with E-state index in [2.05, 4.69) is 15.5 Å². The van der Waals surface area contributed by atoms with Gasteiger partial charge in [0.1, 0.15) is 4.99 Å². The van der Waals surface area contributed by atoms with Crippen LogP contribution in [-0.4, -0.2) is 21.1 Å². The summed E-state index contributed by atoms with van der Waals surface area (Å²) in [7, 11) is 0. The van der Waals surface area contributed by atoms with E-state index >= 15 is 0 Å². The third-order valence-corrected chi connectivity index (χ3v) is 2.70. The number of hydrogen-bond acceptors (Lipinski definition) is 4. The fraction of sp³-hybridized carbons (Fsp3) is 0.0769. The van der Waals surface area contributed by atoms with Gasteiger partial charge in [-0.1, -0.05) is 24.4 Å². The lowest BCUT2D eigenvalue weighted by Gasteiger charge is -2.05. The van der Waals surface area contributed by atoms with Gasteiger partial charge in [0.15, 0.2) is 0 Å². The maximum Gasteiger partial charge on any atom is 0.251 e. The summed E-state index contributed by atoms with van der Waals surface area (Å²) in [6.45, 7) is 0.323. The first-order valence-electron chi connectivity index (χ1n) is 5.61. The topological polar surface area (TPSA) is 80.9 Å². The number of rotatable bonds is 4. The lowest BCUT2D eigenvalue weighted by atomic mass is 10.1. The van der Waals surface area contributed by atoms with Gasteiger partial charge in [0, 0.05) is 17.3 Å². The highest BCUT2D eigenvalue weighted by atomic mass is 32.1. The van der Waals surface area contributed by atoms with Gasteiger partial charge in [0.05, 0.1) is 12.2 Å². The number of nitrogens with zero attached hydrogens (tertiary/aromatic N) is 2. The molecule has 0 unspecified atom stereocenters. The molecule has 0 saturated carbocycles. The van der Waals surface area contributed by atoms with Crippen LogP contribution in [0.5, 0.6) is 0 Å². The molecule has 1 aromatic carbocycles. The SMILES string of the molecule is NC(=S)c1cccc(C(=O)NCc2cccnn2)c1. The van der Waals surface area contributed by atoms with E-state index in [1.165, 1.54) is 0 Å². The second-order valence-corrected chi connectivity index (χ2v) is 4.28. The highest BCUT2D eigenvalue weighted by Crippen LogP contribution is 2.05. The number of hydrogen-bond donors (Lipinski definition) is 2. The molecule has 0 aliphatic heterocycles. The average Bonchev–Trinajstić information content (AvgIpc) is 2.46. The number of nitrogens with two attached hydrogens (primary N) is 1. The highest BCUT2D eigenvalue weighted by molar-refractivity contribution is 7.80. The zero-order valence-corrected chi connectivity index (χ0v) is 10.9. The second-order valence-electron chi connectivity index (χ2n) is 3.84. The second kappa shape index (κ2) is 6.01. The number of carbonyl (C=O) groups excluding carboxylic acids is 1. The van der Waals surface area contributed by atoms with Gasteiger partial charge < -0.3 is 11.1 Å². The lowest BCUT2D eigenvalue weighted by molar-refractivity contribution is 0.0950. The Morgan fingerprint density at radius 3 is 2.74 bits per heavy atom. The molecular formula is C13H12N4OS. The van der Waals surface area contributed by atoms with E-state index < -0.39 is 0 Å². The zero-order chi connectivity index (χ0) is 13.7. The molecule has 0 saturated heterocycles. The van der Waals surface area contributed by atoms with Crippen LogP contribution in [0.3, 0.4) is 0 Å². The minimum atomic E-state index is -0.205. The number of benzene rings is 1. The quantitative estimate of drug-likeness (QED) is 0.813. The van der Waals surface area contributed by atoms with Gasteiger partial charge in [-0.2, -0.15) is 10.2 Å². The molecular weight excluding hydrogens is 260 g/mol. The molecule has 0 aliphatic carbocycles. The molecule has 3 N–H and O–H groups in total. The molecule has 5 nitrogen and oxygen atoms in total. The van der Waals surface area contributed by atoms with Crippen LogP contribution in [0.15, 0.2) is 42.6 Å². The van der Waals surface area contributed by atoms with E-state index in [1.807, 2.05) is 0 Å². The molecule has 0 fully saturated rings. The van der Waals surface area contributed by atoms with E-state index in [9.17, 15) is 4.79 Å². The van der Waals surface area contributed by atoms with Gasteiger partial charge in [-0.05, 0) is 24.3 Å². The van der Waals surface area contributed by atoms with Crippen molar-refractivity contribution in [1.82, 2.24) is 15.5 Å². The Kier molecular flexibility index (Phi) is 4.15. The van der Waals surface area contributed by atoms with Gasteiger partial charge in [0.25, 0.3) is 5.91 Å². The minimum Gasteiger partial charge on any atom is -0.389 e. The largest absolute Gasteiger partial charge is 0.389 e. The van der Waals surface area contributed by atoms with E-state index in [1.54, 1.807) is 42.6 Å². The van der Waals surface area contributed by atoms with E-state index in [-0.39, 0.29) is 10.9 Å². The Hall–Kier alpha value is -2.34. The minimum absolute atomic E-state index is 0.205. The molecule has 2 aromatic rings. The standard InChI is InChI=1S/C13H12N4OS/c14-12(19)9-3-1-4-10(7-9)13(18)15-8-11-5-2-6-16-17-11/h1-7H,8H2,(H2,14,19)(H,15,18). The first kappa shape index (κ1) is 13.1. The summed E-state index contributed by atoms with van der Waals surface area (Å²) >= 11 is 4.88. The van der Waals surface area contributed by atoms with Crippen molar-refractivity contribution in [2.45, 2.75) is 6.54 Å². The molecule has 2 rings (SSSR count). The number of aromatic nitrogens is 2. The van der Waals surface area contributed by atoms with Crippen molar-refractivity contribution in [3.05, 3.63) is 59.4 Å². The monoisotopic (exact) mass is 272 g/mol. The van der Waals surface area contributed by atoms with Gasteiger partial charge in [-0.15, -0.1) is 0 Å². The number of carbonyl (C=O) groups is 1.